The van der Waals surface area contributed by atoms with Gasteiger partial charge in [0.05, 0.1) is 18.2 Å². The van der Waals surface area contributed by atoms with Gasteiger partial charge in [-0.05, 0) is 50.5 Å². The number of imidazole rings is 1. The lowest BCUT2D eigenvalue weighted by Gasteiger charge is -2.29. The number of hydrogen-bond donors (Lipinski definition) is 1. The van der Waals surface area contributed by atoms with Crippen molar-refractivity contribution in [1.29, 1.82) is 0 Å². The molecular formula is C16H22N4. The molecule has 2 N–H and O–H groups in total. The van der Waals surface area contributed by atoms with Crippen LogP contribution in [0.3, 0.4) is 0 Å². The zero-order valence-electron chi connectivity index (χ0n) is 12.0. The Labute approximate surface area is 120 Å². The number of nitrogens with two attached hydrogens (primary N) is 1. The molecular weight excluding hydrogens is 248 g/mol. The minimum Gasteiger partial charge on any atom is -0.372 e. The van der Waals surface area contributed by atoms with Gasteiger partial charge in [-0.2, -0.15) is 0 Å². The first-order chi connectivity index (χ1) is 9.75. The maximum atomic E-state index is 5.97. The number of benzene rings is 1. The monoisotopic (exact) mass is 270 g/mol. The minimum atomic E-state index is -0.0146. The molecule has 0 unspecified atom stereocenters. The van der Waals surface area contributed by atoms with Crippen LogP contribution in [0.15, 0.2) is 36.8 Å². The van der Waals surface area contributed by atoms with Gasteiger partial charge in [0.25, 0.3) is 0 Å². The van der Waals surface area contributed by atoms with Crippen LogP contribution < -0.4 is 10.6 Å². The number of rotatable bonds is 3. The molecule has 1 aliphatic rings. The third-order valence-electron chi connectivity index (χ3n) is 3.98. The lowest BCUT2D eigenvalue weighted by molar-refractivity contribution is 0.578. The van der Waals surface area contributed by atoms with Gasteiger partial charge in [0.15, 0.2) is 0 Å². The van der Waals surface area contributed by atoms with E-state index in [0.717, 1.165) is 11.4 Å². The smallest absolute Gasteiger partial charge is 0.0994 e. The van der Waals surface area contributed by atoms with Crippen molar-refractivity contribution in [3.63, 3.8) is 0 Å². The van der Waals surface area contributed by atoms with Crippen molar-refractivity contribution in [2.75, 3.05) is 18.0 Å². The fraction of sp³-hybridized carbons (Fsp3) is 0.438. The topological polar surface area (TPSA) is 47.1 Å². The third kappa shape index (κ3) is 2.56. The van der Waals surface area contributed by atoms with Crippen LogP contribution in [0, 0.1) is 0 Å². The molecule has 1 atom stereocenters. The number of nitrogens with zero attached hydrogens (tertiary/aromatic N) is 3. The molecule has 0 spiro atoms. The SMILES string of the molecule is C[C@H](N)c1cncn1-c1ccc(N2CCCCC2)cc1. The van der Waals surface area contributed by atoms with Crippen LogP contribution in [-0.2, 0) is 0 Å². The maximum absolute atomic E-state index is 5.97. The Bertz CT molecular complexity index is 550. The summed E-state index contributed by atoms with van der Waals surface area (Å²) in [6.45, 7) is 4.33. The second-order valence-electron chi connectivity index (χ2n) is 5.54. The molecule has 2 heterocycles. The van der Waals surface area contributed by atoms with Crippen molar-refractivity contribution in [2.45, 2.75) is 32.2 Å². The fourth-order valence-corrected chi connectivity index (χ4v) is 2.83. The summed E-state index contributed by atoms with van der Waals surface area (Å²) >= 11 is 0. The van der Waals surface area contributed by atoms with E-state index < -0.39 is 0 Å². The van der Waals surface area contributed by atoms with Crippen LogP contribution in [0.5, 0.6) is 0 Å². The average Bonchev–Trinajstić information content (AvgIpc) is 2.98. The molecule has 106 valence electrons. The van der Waals surface area contributed by atoms with E-state index in [2.05, 4.69) is 38.7 Å². The first kappa shape index (κ1) is 13.2. The van der Waals surface area contributed by atoms with Crippen LogP contribution in [0.2, 0.25) is 0 Å². The summed E-state index contributed by atoms with van der Waals surface area (Å²) in [6.07, 6.45) is 7.63. The molecule has 0 radical (unpaired) electrons. The molecule has 2 aromatic rings. The highest BCUT2D eigenvalue weighted by Gasteiger charge is 2.12. The highest BCUT2D eigenvalue weighted by molar-refractivity contribution is 5.51. The number of anilines is 1. The summed E-state index contributed by atoms with van der Waals surface area (Å²) in [5.41, 5.74) is 9.45. The van der Waals surface area contributed by atoms with Crippen LogP contribution in [0.25, 0.3) is 5.69 Å². The quantitative estimate of drug-likeness (QED) is 0.933. The summed E-state index contributed by atoms with van der Waals surface area (Å²) in [4.78, 5) is 6.67. The Kier molecular flexibility index (Phi) is 3.74. The Balaban J connectivity index is 1.83. The van der Waals surface area contributed by atoms with Gasteiger partial charge >= 0.3 is 0 Å². The second-order valence-corrected chi connectivity index (χ2v) is 5.54. The summed E-state index contributed by atoms with van der Waals surface area (Å²) in [6, 6.07) is 8.69. The van der Waals surface area contributed by atoms with Crippen LogP contribution >= 0.6 is 0 Å². The molecule has 4 nitrogen and oxygen atoms in total. The molecule has 0 amide bonds. The van der Waals surface area contributed by atoms with Crippen molar-refractivity contribution in [3.8, 4) is 5.69 Å². The third-order valence-corrected chi connectivity index (χ3v) is 3.98. The summed E-state index contributed by atoms with van der Waals surface area (Å²) in [5.74, 6) is 0. The molecule has 0 bridgehead atoms. The molecule has 1 aromatic heterocycles. The van der Waals surface area contributed by atoms with Crippen molar-refractivity contribution in [3.05, 3.63) is 42.5 Å². The molecule has 0 saturated carbocycles. The van der Waals surface area contributed by atoms with E-state index >= 15 is 0 Å². The van der Waals surface area contributed by atoms with Gasteiger partial charge in [-0.25, -0.2) is 4.98 Å². The van der Waals surface area contributed by atoms with E-state index in [0.29, 0.717) is 0 Å². The number of hydrogen-bond acceptors (Lipinski definition) is 3. The fourth-order valence-electron chi connectivity index (χ4n) is 2.83. The molecule has 1 saturated heterocycles. The maximum Gasteiger partial charge on any atom is 0.0994 e. The van der Waals surface area contributed by atoms with Gasteiger partial charge in [0.2, 0.25) is 0 Å². The van der Waals surface area contributed by atoms with Gasteiger partial charge in [-0.3, -0.25) is 0 Å². The van der Waals surface area contributed by atoms with Gasteiger partial charge in [-0.15, -0.1) is 0 Å². The molecule has 20 heavy (non-hydrogen) atoms. The Morgan fingerprint density at radius 1 is 1.05 bits per heavy atom. The summed E-state index contributed by atoms with van der Waals surface area (Å²) < 4.78 is 2.06. The van der Waals surface area contributed by atoms with Gasteiger partial charge in [0.1, 0.15) is 0 Å². The van der Waals surface area contributed by atoms with Crippen LogP contribution in [0.4, 0.5) is 5.69 Å². The lowest BCUT2D eigenvalue weighted by Crippen LogP contribution is -2.29. The van der Waals surface area contributed by atoms with E-state index in [1.54, 1.807) is 0 Å². The lowest BCUT2D eigenvalue weighted by atomic mass is 10.1. The van der Waals surface area contributed by atoms with Crippen molar-refractivity contribution >= 4 is 5.69 Å². The molecule has 3 rings (SSSR count). The first-order valence-corrected chi connectivity index (χ1v) is 7.39. The zero-order chi connectivity index (χ0) is 13.9. The second kappa shape index (κ2) is 5.67. The Morgan fingerprint density at radius 3 is 2.35 bits per heavy atom. The van der Waals surface area contributed by atoms with Gasteiger partial charge in [0, 0.05) is 30.5 Å². The highest BCUT2D eigenvalue weighted by Crippen LogP contribution is 2.23. The minimum absolute atomic E-state index is 0.0146. The van der Waals surface area contributed by atoms with Crippen molar-refractivity contribution < 1.29 is 0 Å². The average molecular weight is 270 g/mol. The Morgan fingerprint density at radius 2 is 1.70 bits per heavy atom. The predicted molar refractivity (Wildman–Crippen MR) is 82.2 cm³/mol. The van der Waals surface area contributed by atoms with Gasteiger partial charge < -0.3 is 15.2 Å². The van der Waals surface area contributed by atoms with E-state index in [1.807, 2.05) is 19.4 Å². The normalized spacial score (nSPS) is 17.2. The molecule has 0 aliphatic carbocycles. The van der Waals surface area contributed by atoms with Crippen LogP contribution in [-0.4, -0.2) is 22.6 Å². The number of piperidine rings is 1. The molecule has 1 aromatic carbocycles. The standard InChI is InChI=1S/C16H22N4/c1-13(17)16-11-18-12-20(16)15-7-5-14(6-8-15)19-9-3-2-4-10-19/h5-8,11-13H,2-4,9-10,17H2,1H3/t13-/m0/s1. The molecule has 1 aliphatic heterocycles. The van der Waals surface area contributed by atoms with E-state index in [-0.39, 0.29) is 6.04 Å². The largest absolute Gasteiger partial charge is 0.372 e. The van der Waals surface area contributed by atoms with Crippen molar-refractivity contribution in [1.82, 2.24) is 9.55 Å². The van der Waals surface area contributed by atoms with Crippen LogP contribution in [0.1, 0.15) is 37.9 Å². The van der Waals surface area contributed by atoms with E-state index in [9.17, 15) is 0 Å². The first-order valence-electron chi connectivity index (χ1n) is 7.39. The Hall–Kier alpha value is -1.81. The predicted octanol–water partition coefficient (Wildman–Crippen LogP) is 2.88. The van der Waals surface area contributed by atoms with E-state index in [1.165, 1.54) is 38.0 Å². The molecule has 1 fully saturated rings. The summed E-state index contributed by atoms with van der Waals surface area (Å²) in [5, 5.41) is 0. The summed E-state index contributed by atoms with van der Waals surface area (Å²) in [7, 11) is 0. The van der Waals surface area contributed by atoms with Crippen molar-refractivity contribution in [2.24, 2.45) is 5.73 Å². The highest BCUT2D eigenvalue weighted by atomic mass is 15.1. The van der Waals surface area contributed by atoms with Gasteiger partial charge in [-0.1, -0.05) is 0 Å². The van der Waals surface area contributed by atoms with E-state index in [4.69, 9.17) is 5.73 Å². The number of aromatic nitrogens is 2. The zero-order valence-corrected chi connectivity index (χ0v) is 12.0. The molecule has 4 heteroatoms.